The van der Waals surface area contributed by atoms with Gasteiger partial charge in [0.05, 0.1) is 11.5 Å². The summed E-state index contributed by atoms with van der Waals surface area (Å²) in [6, 6.07) is 2.80. The number of hydrogen-bond acceptors (Lipinski definition) is 5. The van der Waals surface area contributed by atoms with Gasteiger partial charge in [-0.2, -0.15) is 0 Å². The molecular formula is C10H12N2O5S. The van der Waals surface area contributed by atoms with Crippen molar-refractivity contribution in [2.45, 2.75) is 0 Å². The summed E-state index contributed by atoms with van der Waals surface area (Å²) in [7, 11) is 0. The molecule has 0 saturated heterocycles. The number of amides is 2. The van der Waals surface area contributed by atoms with Crippen molar-refractivity contribution in [3.63, 3.8) is 0 Å². The summed E-state index contributed by atoms with van der Waals surface area (Å²) >= 11 is 0.891. The molecule has 0 atom stereocenters. The number of carboxylic acid groups (broad SMARTS) is 1. The van der Waals surface area contributed by atoms with Gasteiger partial charge in [-0.3, -0.25) is 9.59 Å². The largest absolute Gasteiger partial charge is 0.477 e. The number of hydrogen-bond donors (Lipinski definition) is 3. The van der Waals surface area contributed by atoms with E-state index in [2.05, 4.69) is 5.32 Å². The molecule has 98 valence electrons. The van der Waals surface area contributed by atoms with Gasteiger partial charge in [-0.05, 0) is 12.1 Å². The van der Waals surface area contributed by atoms with Gasteiger partial charge in [-0.1, -0.05) is 0 Å². The zero-order chi connectivity index (χ0) is 13.5. The molecule has 1 heterocycles. The van der Waals surface area contributed by atoms with Crippen LogP contribution in [0.5, 0.6) is 0 Å². The molecule has 0 aliphatic carbocycles. The minimum absolute atomic E-state index is 0.102. The average Bonchev–Trinajstić information content (AvgIpc) is 2.77. The summed E-state index contributed by atoms with van der Waals surface area (Å²) in [6.07, 6.45) is 0. The van der Waals surface area contributed by atoms with Crippen LogP contribution in [0.4, 0.5) is 0 Å². The minimum atomic E-state index is -1.07. The van der Waals surface area contributed by atoms with Crippen molar-refractivity contribution in [2.75, 3.05) is 19.8 Å². The highest BCUT2D eigenvalue weighted by molar-refractivity contribution is 7.15. The molecule has 18 heavy (non-hydrogen) atoms. The molecule has 0 aliphatic heterocycles. The first-order valence-electron chi connectivity index (χ1n) is 4.98. The van der Waals surface area contributed by atoms with Crippen LogP contribution in [-0.4, -0.2) is 42.6 Å². The third-order valence-corrected chi connectivity index (χ3v) is 2.89. The molecule has 0 aliphatic rings. The number of thiophene rings is 1. The maximum atomic E-state index is 11.5. The third-order valence-electron chi connectivity index (χ3n) is 1.82. The van der Waals surface area contributed by atoms with E-state index in [9.17, 15) is 14.4 Å². The van der Waals surface area contributed by atoms with E-state index < -0.39 is 11.9 Å². The van der Waals surface area contributed by atoms with E-state index in [-0.39, 0.29) is 30.5 Å². The number of nitrogens with one attached hydrogen (secondary N) is 1. The Balaban J connectivity index is 2.32. The van der Waals surface area contributed by atoms with Crippen LogP contribution in [-0.2, 0) is 9.53 Å². The second kappa shape index (κ2) is 6.72. The number of carbonyl (C=O) groups excluding carboxylic acids is 2. The van der Waals surface area contributed by atoms with Crippen molar-refractivity contribution < 1.29 is 24.2 Å². The lowest BCUT2D eigenvalue weighted by Gasteiger charge is -2.03. The molecule has 0 radical (unpaired) electrons. The lowest BCUT2D eigenvalue weighted by atomic mass is 10.4. The first kappa shape index (κ1) is 14.1. The zero-order valence-corrected chi connectivity index (χ0v) is 10.2. The second-order valence-corrected chi connectivity index (χ2v) is 4.33. The first-order valence-corrected chi connectivity index (χ1v) is 5.79. The van der Waals surface area contributed by atoms with Crippen molar-refractivity contribution in [3.05, 3.63) is 21.9 Å². The van der Waals surface area contributed by atoms with Gasteiger partial charge in [0.25, 0.3) is 5.91 Å². The lowest BCUT2D eigenvalue weighted by Crippen LogP contribution is -2.28. The first-order chi connectivity index (χ1) is 8.50. The Bertz CT molecular complexity index is 457. The fraction of sp³-hybridized carbons (Fsp3) is 0.300. The van der Waals surface area contributed by atoms with Crippen LogP contribution in [0.1, 0.15) is 19.3 Å². The van der Waals surface area contributed by atoms with E-state index >= 15 is 0 Å². The maximum absolute atomic E-state index is 11.5. The van der Waals surface area contributed by atoms with Crippen LogP contribution in [0, 0.1) is 0 Å². The number of nitrogens with two attached hydrogens (primary N) is 1. The number of rotatable bonds is 7. The van der Waals surface area contributed by atoms with E-state index in [1.54, 1.807) is 0 Å². The molecule has 4 N–H and O–H groups in total. The second-order valence-electron chi connectivity index (χ2n) is 3.24. The molecule has 0 unspecified atom stereocenters. The van der Waals surface area contributed by atoms with Crippen molar-refractivity contribution in [1.29, 1.82) is 0 Å². The molecule has 0 saturated carbocycles. The highest BCUT2D eigenvalue weighted by Crippen LogP contribution is 2.15. The number of carbonyl (C=O) groups is 3. The summed E-state index contributed by atoms with van der Waals surface area (Å²) in [6.45, 7) is 0.177. The van der Waals surface area contributed by atoms with Crippen molar-refractivity contribution >= 4 is 29.1 Å². The summed E-state index contributed by atoms with van der Waals surface area (Å²) in [4.78, 5) is 32.9. The topological polar surface area (TPSA) is 119 Å². The van der Waals surface area contributed by atoms with E-state index in [1.165, 1.54) is 12.1 Å². The van der Waals surface area contributed by atoms with E-state index in [4.69, 9.17) is 15.6 Å². The van der Waals surface area contributed by atoms with Gasteiger partial charge in [-0.15, -0.1) is 11.3 Å². The van der Waals surface area contributed by atoms with Crippen LogP contribution < -0.4 is 11.1 Å². The van der Waals surface area contributed by atoms with E-state index in [0.29, 0.717) is 4.88 Å². The molecule has 0 bridgehead atoms. The fourth-order valence-electron chi connectivity index (χ4n) is 1.07. The predicted octanol–water partition coefficient (Wildman–Crippen LogP) is -0.322. The Morgan fingerprint density at radius 3 is 2.56 bits per heavy atom. The molecule has 1 rings (SSSR count). The average molecular weight is 272 g/mol. The van der Waals surface area contributed by atoms with Gasteiger partial charge < -0.3 is 20.9 Å². The monoisotopic (exact) mass is 272 g/mol. The summed E-state index contributed by atoms with van der Waals surface area (Å²) in [5.41, 5.74) is 4.85. The maximum Gasteiger partial charge on any atom is 0.345 e. The van der Waals surface area contributed by atoms with Gasteiger partial charge in [0.2, 0.25) is 5.91 Å². The van der Waals surface area contributed by atoms with Gasteiger partial charge in [-0.25, -0.2) is 4.79 Å². The molecule has 0 fully saturated rings. The molecule has 7 nitrogen and oxygen atoms in total. The Kier molecular flexibility index (Phi) is 5.28. The van der Waals surface area contributed by atoms with Gasteiger partial charge >= 0.3 is 5.97 Å². The third kappa shape index (κ3) is 4.52. The smallest absolute Gasteiger partial charge is 0.345 e. The van der Waals surface area contributed by atoms with Crippen LogP contribution in [0.3, 0.4) is 0 Å². The zero-order valence-electron chi connectivity index (χ0n) is 9.34. The molecule has 0 spiro atoms. The molecular weight excluding hydrogens is 260 g/mol. The van der Waals surface area contributed by atoms with E-state index in [1.807, 2.05) is 0 Å². The molecule has 2 amide bonds. The van der Waals surface area contributed by atoms with Crippen LogP contribution >= 0.6 is 11.3 Å². The highest BCUT2D eigenvalue weighted by atomic mass is 32.1. The molecule has 8 heteroatoms. The Hall–Kier alpha value is -1.93. The van der Waals surface area contributed by atoms with Crippen molar-refractivity contribution in [3.8, 4) is 0 Å². The Morgan fingerprint density at radius 2 is 2.00 bits per heavy atom. The Morgan fingerprint density at radius 1 is 1.33 bits per heavy atom. The van der Waals surface area contributed by atoms with Crippen LogP contribution in [0.2, 0.25) is 0 Å². The quantitative estimate of drug-likeness (QED) is 0.588. The normalized spacial score (nSPS) is 10.0. The molecule has 0 aromatic carbocycles. The number of primary amides is 1. The number of aromatic carboxylic acids is 1. The van der Waals surface area contributed by atoms with Gasteiger partial charge in [0.15, 0.2) is 0 Å². The number of ether oxygens (including phenoxy) is 1. The summed E-state index contributed by atoms with van der Waals surface area (Å²) in [5.74, 6) is -2.02. The summed E-state index contributed by atoms with van der Waals surface area (Å²) < 4.78 is 4.84. The fourth-order valence-corrected chi connectivity index (χ4v) is 1.83. The Labute approximate surface area is 107 Å². The van der Waals surface area contributed by atoms with Gasteiger partial charge in [0.1, 0.15) is 11.5 Å². The van der Waals surface area contributed by atoms with Gasteiger partial charge in [0, 0.05) is 6.54 Å². The summed E-state index contributed by atoms with van der Waals surface area (Å²) in [5, 5.41) is 11.2. The minimum Gasteiger partial charge on any atom is -0.477 e. The standard InChI is InChI=1S/C10H12N2O5S/c11-8(13)5-17-4-3-12-9(14)6-1-2-7(18-6)10(15)16/h1-2H,3-5H2,(H2,11,13)(H,12,14)(H,15,16). The van der Waals surface area contributed by atoms with Crippen molar-refractivity contribution in [1.82, 2.24) is 5.32 Å². The predicted molar refractivity (Wildman–Crippen MR) is 63.6 cm³/mol. The van der Waals surface area contributed by atoms with Crippen molar-refractivity contribution in [2.24, 2.45) is 5.73 Å². The highest BCUT2D eigenvalue weighted by Gasteiger charge is 2.12. The molecule has 1 aromatic heterocycles. The van der Waals surface area contributed by atoms with E-state index in [0.717, 1.165) is 11.3 Å². The van der Waals surface area contributed by atoms with Crippen LogP contribution in [0.25, 0.3) is 0 Å². The number of carboxylic acids is 1. The molecule has 1 aromatic rings. The SMILES string of the molecule is NC(=O)COCCNC(=O)c1ccc(C(=O)O)s1. The van der Waals surface area contributed by atoms with Crippen LogP contribution in [0.15, 0.2) is 12.1 Å². The lowest BCUT2D eigenvalue weighted by molar-refractivity contribution is -0.122.